The van der Waals surface area contributed by atoms with Gasteiger partial charge in [-0.25, -0.2) is 4.98 Å². The van der Waals surface area contributed by atoms with Crippen LogP contribution in [0.4, 0.5) is 0 Å². The lowest BCUT2D eigenvalue weighted by molar-refractivity contribution is -0.119. The third kappa shape index (κ3) is 4.10. The van der Waals surface area contributed by atoms with Crippen molar-refractivity contribution in [3.8, 4) is 0 Å². The van der Waals surface area contributed by atoms with Crippen LogP contribution in [0.25, 0.3) is 11.0 Å². The van der Waals surface area contributed by atoms with Crippen molar-refractivity contribution in [3.05, 3.63) is 57.5 Å². The number of unbranched alkanes of at least 4 members (excludes halogenated alkanes) is 1. The van der Waals surface area contributed by atoms with Gasteiger partial charge in [0.1, 0.15) is 5.52 Å². The Hall–Kier alpha value is -2.54. The number of hydrogen-bond acceptors (Lipinski definition) is 4. The highest BCUT2D eigenvalue weighted by Crippen LogP contribution is 2.30. The molecule has 3 aromatic rings. The molecular formula is C22H26N4O2S. The number of benzene rings is 1. The van der Waals surface area contributed by atoms with E-state index < -0.39 is 0 Å². The van der Waals surface area contributed by atoms with Crippen molar-refractivity contribution in [2.24, 2.45) is 0 Å². The van der Waals surface area contributed by atoms with Crippen LogP contribution in [0.15, 0.2) is 40.3 Å². The van der Waals surface area contributed by atoms with Gasteiger partial charge < -0.3 is 10.3 Å². The molecule has 7 heteroatoms. The number of aryl methyl sites for hydroxylation is 2. The Morgan fingerprint density at radius 3 is 3.03 bits per heavy atom. The molecule has 1 aromatic carbocycles. The fraction of sp³-hybridized carbons (Fsp3) is 0.409. The van der Waals surface area contributed by atoms with Gasteiger partial charge in [-0.05, 0) is 43.4 Å². The van der Waals surface area contributed by atoms with E-state index in [-0.39, 0.29) is 23.3 Å². The fourth-order valence-corrected chi connectivity index (χ4v) is 4.74. The van der Waals surface area contributed by atoms with Crippen LogP contribution in [0.5, 0.6) is 0 Å². The molecule has 0 unspecified atom stereocenters. The van der Waals surface area contributed by atoms with Crippen LogP contribution in [-0.2, 0) is 17.8 Å². The van der Waals surface area contributed by atoms with Gasteiger partial charge in [0, 0.05) is 12.2 Å². The summed E-state index contributed by atoms with van der Waals surface area (Å²) in [6.45, 7) is 4.61. The molecule has 0 saturated carbocycles. The third-order valence-corrected chi connectivity index (χ3v) is 6.35. The van der Waals surface area contributed by atoms with Crippen molar-refractivity contribution in [2.45, 2.75) is 57.3 Å². The third-order valence-electron chi connectivity index (χ3n) is 5.37. The van der Waals surface area contributed by atoms with Gasteiger partial charge in [0.15, 0.2) is 5.16 Å². The van der Waals surface area contributed by atoms with Crippen molar-refractivity contribution in [1.82, 2.24) is 19.9 Å². The zero-order valence-corrected chi connectivity index (χ0v) is 17.6. The molecule has 0 fully saturated rings. The quantitative estimate of drug-likeness (QED) is 0.459. The van der Waals surface area contributed by atoms with E-state index in [1.54, 1.807) is 4.57 Å². The molecule has 2 N–H and O–H groups in total. The van der Waals surface area contributed by atoms with Crippen LogP contribution >= 0.6 is 11.8 Å². The number of H-pyrrole nitrogens is 1. The maximum Gasteiger partial charge on any atom is 0.278 e. The number of nitrogens with one attached hydrogen (secondary N) is 2. The van der Waals surface area contributed by atoms with Gasteiger partial charge in [-0.2, -0.15) is 0 Å². The molecule has 1 atom stereocenters. The molecule has 0 spiro atoms. The van der Waals surface area contributed by atoms with Crippen LogP contribution in [0.2, 0.25) is 0 Å². The van der Waals surface area contributed by atoms with Gasteiger partial charge in [0.2, 0.25) is 5.91 Å². The molecule has 0 aliphatic heterocycles. The lowest BCUT2D eigenvalue weighted by Crippen LogP contribution is -2.29. The number of carbonyl (C=O) groups is 1. The summed E-state index contributed by atoms with van der Waals surface area (Å²) in [6.07, 6.45) is 3.81. The summed E-state index contributed by atoms with van der Waals surface area (Å²) >= 11 is 1.33. The number of aromatic nitrogens is 3. The van der Waals surface area contributed by atoms with Crippen LogP contribution < -0.4 is 10.9 Å². The molecule has 1 amide bonds. The van der Waals surface area contributed by atoms with Crippen molar-refractivity contribution >= 4 is 28.7 Å². The summed E-state index contributed by atoms with van der Waals surface area (Å²) in [7, 11) is 0. The van der Waals surface area contributed by atoms with Crippen LogP contribution in [0, 0.1) is 6.92 Å². The average Bonchev–Trinajstić information content (AvgIpc) is 3.29. The Labute approximate surface area is 174 Å². The van der Waals surface area contributed by atoms with E-state index in [4.69, 9.17) is 0 Å². The van der Waals surface area contributed by atoms with Gasteiger partial charge in [0.05, 0.1) is 17.3 Å². The minimum Gasteiger partial charge on any atom is -0.353 e. The van der Waals surface area contributed by atoms with Crippen molar-refractivity contribution in [1.29, 1.82) is 0 Å². The predicted molar refractivity (Wildman–Crippen MR) is 116 cm³/mol. The fourth-order valence-electron chi connectivity index (χ4n) is 3.91. The molecule has 2 aromatic heterocycles. The first kappa shape index (κ1) is 19.8. The SMILES string of the molecule is CCCCn1c(SCC(=O)N[C@@H]2CCc3ccccc32)nc2cc(C)[nH]c2c1=O. The zero-order chi connectivity index (χ0) is 20.4. The van der Waals surface area contributed by atoms with Gasteiger partial charge in [-0.3, -0.25) is 14.2 Å². The Morgan fingerprint density at radius 1 is 1.38 bits per heavy atom. The first-order valence-electron chi connectivity index (χ1n) is 10.2. The summed E-state index contributed by atoms with van der Waals surface area (Å²) in [4.78, 5) is 33.3. The lowest BCUT2D eigenvalue weighted by atomic mass is 10.1. The number of aromatic amines is 1. The van der Waals surface area contributed by atoms with Crippen molar-refractivity contribution in [2.75, 3.05) is 5.75 Å². The Bertz CT molecular complexity index is 1100. The minimum atomic E-state index is -0.0656. The van der Waals surface area contributed by atoms with Gasteiger partial charge in [-0.1, -0.05) is 49.4 Å². The molecule has 1 aliphatic carbocycles. The highest BCUT2D eigenvalue weighted by atomic mass is 32.2. The second kappa shape index (κ2) is 8.45. The molecule has 0 saturated heterocycles. The lowest BCUT2D eigenvalue weighted by Gasteiger charge is -2.15. The van der Waals surface area contributed by atoms with E-state index in [9.17, 15) is 9.59 Å². The summed E-state index contributed by atoms with van der Waals surface area (Å²) < 4.78 is 1.70. The van der Waals surface area contributed by atoms with E-state index in [2.05, 4.69) is 34.3 Å². The highest BCUT2D eigenvalue weighted by Gasteiger charge is 2.23. The van der Waals surface area contributed by atoms with Crippen LogP contribution in [0.3, 0.4) is 0 Å². The molecule has 152 valence electrons. The molecule has 0 bridgehead atoms. The molecule has 1 aliphatic rings. The normalized spacial score (nSPS) is 15.6. The smallest absolute Gasteiger partial charge is 0.278 e. The number of rotatable bonds is 7. The number of amides is 1. The number of thioether (sulfide) groups is 1. The van der Waals surface area contributed by atoms with Gasteiger partial charge in [-0.15, -0.1) is 0 Å². The standard InChI is InChI=1S/C22H26N4O2S/c1-3-4-11-26-21(28)20-18(12-14(2)23-20)25-22(26)29-13-19(27)24-17-10-9-15-7-5-6-8-16(15)17/h5-8,12,17,23H,3-4,9-11,13H2,1-2H3,(H,24,27)/t17-/m1/s1. The number of nitrogens with zero attached hydrogens (tertiary/aromatic N) is 2. The number of hydrogen-bond donors (Lipinski definition) is 2. The molecule has 6 nitrogen and oxygen atoms in total. The van der Waals surface area contributed by atoms with E-state index >= 15 is 0 Å². The van der Waals surface area contributed by atoms with Crippen LogP contribution in [-0.4, -0.2) is 26.2 Å². The first-order chi connectivity index (χ1) is 14.1. The number of carbonyl (C=O) groups excluding carboxylic acids is 1. The highest BCUT2D eigenvalue weighted by molar-refractivity contribution is 7.99. The maximum absolute atomic E-state index is 12.9. The summed E-state index contributed by atoms with van der Waals surface area (Å²) in [5, 5.41) is 3.75. The monoisotopic (exact) mass is 410 g/mol. The second-order valence-electron chi connectivity index (χ2n) is 7.56. The summed E-state index contributed by atoms with van der Waals surface area (Å²) in [5.74, 6) is 0.213. The van der Waals surface area contributed by atoms with Gasteiger partial charge in [0.25, 0.3) is 5.56 Å². The Balaban J connectivity index is 1.50. The molecule has 0 radical (unpaired) electrons. The zero-order valence-electron chi connectivity index (χ0n) is 16.8. The minimum absolute atomic E-state index is 0.0293. The van der Waals surface area contributed by atoms with Crippen LogP contribution in [0.1, 0.15) is 49.0 Å². The largest absolute Gasteiger partial charge is 0.353 e. The Kier molecular flexibility index (Phi) is 5.76. The van der Waals surface area contributed by atoms with Crippen molar-refractivity contribution < 1.29 is 4.79 Å². The average molecular weight is 411 g/mol. The van der Waals surface area contributed by atoms with E-state index in [1.807, 2.05) is 25.1 Å². The Morgan fingerprint density at radius 2 is 2.21 bits per heavy atom. The van der Waals surface area contributed by atoms with E-state index in [0.717, 1.165) is 31.4 Å². The van der Waals surface area contributed by atoms with E-state index in [0.29, 0.717) is 22.7 Å². The molecule has 4 rings (SSSR count). The van der Waals surface area contributed by atoms with Crippen molar-refractivity contribution in [3.63, 3.8) is 0 Å². The molecule has 29 heavy (non-hydrogen) atoms. The summed E-state index contributed by atoms with van der Waals surface area (Å²) in [6, 6.07) is 10.2. The molecule has 2 heterocycles. The van der Waals surface area contributed by atoms with E-state index in [1.165, 1.54) is 22.9 Å². The first-order valence-corrected chi connectivity index (χ1v) is 11.2. The number of fused-ring (bicyclic) bond motifs is 2. The summed E-state index contributed by atoms with van der Waals surface area (Å²) in [5.41, 5.74) is 4.57. The second-order valence-corrected chi connectivity index (χ2v) is 8.51. The predicted octanol–water partition coefficient (Wildman–Crippen LogP) is 3.73. The maximum atomic E-state index is 12.9. The topological polar surface area (TPSA) is 79.8 Å². The van der Waals surface area contributed by atoms with Gasteiger partial charge >= 0.3 is 0 Å². The molecular weight excluding hydrogens is 384 g/mol.